The molecular weight excluding hydrogens is 314 g/mol. The van der Waals surface area contributed by atoms with Gasteiger partial charge in [0.25, 0.3) is 5.91 Å². The van der Waals surface area contributed by atoms with Gasteiger partial charge in [0.2, 0.25) is 0 Å². The molecule has 25 heavy (non-hydrogen) atoms. The Morgan fingerprint density at radius 3 is 2.56 bits per heavy atom. The Hall–Kier alpha value is -2.56. The zero-order valence-electron chi connectivity index (χ0n) is 14.6. The van der Waals surface area contributed by atoms with Crippen LogP contribution in [-0.4, -0.2) is 30.6 Å². The molecular formula is C20H25N3O2. The van der Waals surface area contributed by atoms with Crippen LogP contribution in [0.3, 0.4) is 0 Å². The zero-order valence-corrected chi connectivity index (χ0v) is 14.6. The molecule has 132 valence electrons. The van der Waals surface area contributed by atoms with Crippen molar-refractivity contribution in [2.45, 2.75) is 38.1 Å². The molecule has 0 spiro atoms. The van der Waals surface area contributed by atoms with Crippen molar-refractivity contribution in [1.82, 2.24) is 10.3 Å². The Bertz CT molecular complexity index is 677. The second-order valence-electron chi connectivity index (χ2n) is 6.41. The van der Waals surface area contributed by atoms with Crippen LogP contribution in [0.1, 0.15) is 41.7 Å². The monoisotopic (exact) mass is 339 g/mol. The summed E-state index contributed by atoms with van der Waals surface area (Å²) < 4.78 is 5.14. The van der Waals surface area contributed by atoms with Gasteiger partial charge < -0.3 is 15.4 Å². The fourth-order valence-electron chi connectivity index (χ4n) is 3.12. The van der Waals surface area contributed by atoms with E-state index in [2.05, 4.69) is 15.6 Å². The second kappa shape index (κ2) is 8.51. The lowest BCUT2D eigenvalue weighted by molar-refractivity contribution is 0.0949. The maximum absolute atomic E-state index is 12.2. The topological polar surface area (TPSA) is 63.2 Å². The number of anilines is 1. The normalized spacial score (nSPS) is 14.3. The Balaban J connectivity index is 1.45. The lowest BCUT2D eigenvalue weighted by Gasteiger charge is -2.13. The van der Waals surface area contributed by atoms with Crippen molar-refractivity contribution in [3.8, 4) is 5.75 Å². The zero-order chi connectivity index (χ0) is 17.5. The van der Waals surface area contributed by atoms with E-state index in [4.69, 9.17) is 4.74 Å². The molecule has 1 saturated carbocycles. The van der Waals surface area contributed by atoms with Crippen LogP contribution in [-0.2, 0) is 6.42 Å². The van der Waals surface area contributed by atoms with E-state index in [1.807, 2.05) is 30.3 Å². The summed E-state index contributed by atoms with van der Waals surface area (Å²) in [6, 6.07) is 12.1. The van der Waals surface area contributed by atoms with Gasteiger partial charge in [0.15, 0.2) is 0 Å². The molecule has 3 rings (SSSR count). The highest BCUT2D eigenvalue weighted by atomic mass is 16.5. The number of carbonyl (C=O) groups is 1. The minimum atomic E-state index is -0.138. The van der Waals surface area contributed by atoms with Gasteiger partial charge in [-0.2, -0.15) is 0 Å². The SMILES string of the molecule is COc1ccc(CCNC(=O)c2ccc(NC3CCCC3)cn2)cc1. The van der Waals surface area contributed by atoms with Gasteiger partial charge in [0.05, 0.1) is 19.0 Å². The molecule has 1 aliphatic carbocycles. The van der Waals surface area contributed by atoms with E-state index in [-0.39, 0.29) is 5.91 Å². The number of hydrogen-bond donors (Lipinski definition) is 2. The van der Waals surface area contributed by atoms with E-state index < -0.39 is 0 Å². The third-order valence-corrected chi connectivity index (χ3v) is 4.58. The fraction of sp³-hybridized carbons (Fsp3) is 0.400. The van der Waals surface area contributed by atoms with E-state index in [9.17, 15) is 4.79 Å². The Morgan fingerprint density at radius 2 is 1.92 bits per heavy atom. The lowest BCUT2D eigenvalue weighted by atomic mass is 10.1. The van der Waals surface area contributed by atoms with E-state index in [0.717, 1.165) is 23.4 Å². The number of hydrogen-bond acceptors (Lipinski definition) is 4. The van der Waals surface area contributed by atoms with Gasteiger partial charge in [-0.3, -0.25) is 4.79 Å². The number of nitrogens with zero attached hydrogens (tertiary/aromatic N) is 1. The Morgan fingerprint density at radius 1 is 1.16 bits per heavy atom. The predicted octanol–water partition coefficient (Wildman–Crippen LogP) is 3.42. The van der Waals surface area contributed by atoms with Gasteiger partial charge in [0, 0.05) is 12.6 Å². The molecule has 0 atom stereocenters. The van der Waals surface area contributed by atoms with Gasteiger partial charge in [-0.15, -0.1) is 0 Å². The summed E-state index contributed by atoms with van der Waals surface area (Å²) in [7, 11) is 1.65. The number of amides is 1. The highest BCUT2D eigenvalue weighted by Crippen LogP contribution is 2.21. The van der Waals surface area contributed by atoms with Crippen LogP contribution in [0.4, 0.5) is 5.69 Å². The summed E-state index contributed by atoms with van der Waals surface area (Å²) in [5.74, 6) is 0.698. The summed E-state index contributed by atoms with van der Waals surface area (Å²) in [6.45, 7) is 0.578. The average Bonchev–Trinajstić information content (AvgIpc) is 3.16. The molecule has 1 heterocycles. The maximum atomic E-state index is 12.2. The van der Waals surface area contributed by atoms with Gasteiger partial charge in [-0.05, 0) is 49.1 Å². The minimum Gasteiger partial charge on any atom is -0.497 e. The number of rotatable bonds is 7. The summed E-state index contributed by atoms with van der Waals surface area (Å²) >= 11 is 0. The average molecular weight is 339 g/mol. The smallest absolute Gasteiger partial charge is 0.269 e. The molecule has 1 aromatic carbocycles. The number of benzene rings is 1. The first kappa shape index (κ1) is 17.3. The van der Waals surface area contributed by atoms with Crippen molar-refractivity contribution in [3.05, 3.63) is 53.9 Å². The number of methoxy groups -OCH3 is 1. The largest absolute Gasteiger partial charge is 0.497 e. The molecule has 0 radical (unpaired) electrons. The van der Waals surface area contributed by atoms with Gasteiger partial charge >= 0.3 is 0 Å². The standard InChI is InChI=1S/C20H25N3O2/c1-25-18-9-6-15(7-10-18)12-13-21-20(24)19-11-8-17(14-22-19)23-16-4-2-3-5-16/h6-11,14,16,23H,2-5,12-13H2,1H3,(H,21,24). The Labute approximate surface area is 148 Å². The quantitative estimate of drug-likeness (QED) is 0.811. The fourth-order valence-corrected chi connectivity index (χ4v) is 3.12. The summed E-state index contributed by atoms with van der Waals surface area (Å²) in [5.41, 5.74) is 2.60. The van der Waals surface area contributed by atoms with Crippen molar-refractivity contribution in [2.75, 3.05) is 19.0 Å². The molecule has 1 amide bonds. The summed E-state index contributed by atoms with van der Waals surface area (Å²) in [5, 5.41) is 6.39. The highest BCUT2D eigenvalue weighted by Gasteiger charge is 2.14. The van der Waals surface area contributed by atoms with Crippen LogP contribution < -0.4 is 15.4 Å². The molecule has 0 unspecified atom stereocenters. The number of aromatic nitrogens is 1. The number of nitrogens with one attached hydrogen (secondary N) is 2. The number of ether oxygens (including phenoxy) is 1. The summed E-state index contributed by atoms with van der Waals surface area (Å²) in [4.78, 5) is 16.5. The van der Waals surface area contributed by atoms with Crippen LogP contribution in [0.2, 0.25) is 0 Å². The second-order valence-corrected chi connectivity index (χ2v) is 6.41. The maximum Gasteiger partial charge on any atom is 0.269 e. The lowest BCUT2D eigenvalue weighted by Crippen LogP contribution is -2.26. The van der Waals surface area contributed by atoms with Crippen molar-refractivity contribution in [1.29, 1.82) is 0 Å². The minimum absolute atomic E-state index is 0.138. The molecule has 1 aromatic heterocycles. The molecule has 5 nitrogen and oxygen atoms in total. The number of pyridine rings is 1. The van der Waals surface area contributed by atoms with Crippen LogP contribution in [0, 0.1) is 0 Å². The molecule has 1 aliphatic rings. The van der Waals surface area contributed by atoms with Crippen molar-refractivity contribution < 1.29 is 9.53 Å². The van der Waals surface area contributed by atoms with Gasteiger partial charge in [-0.25, -0.2) is 4.98 Å². The van der Waals surface area contributed by atoms with Crippen molar-refractivity contribution in [2.24, 2.45) is 0 Å². The molecule has 2 N–H and O–H groups in total. The first-order valence-electron chi connectivity index (χ1n) is 8.88. The summed E-state index contributed by atoms with van der Waals surface area (Å²) in [6.07, 6.45) is 7.54. The van der Waals surface area contributed by atoms with Crippen LogP contribution >= 0.6 is 0 Å². The van der Waals surface area contributed by atoms with E-state index in [0.29, 0.717) is 18.3 Å². The third kappa shape index (κ3) is 4.95. The first-order valence-corrected chi connectivity index (χ1v) is 8.88. The Kier molecular flexibility index (Phi) is 5.88. The highest BCUT2D eigenvalue weighted by molar-refractivity contribution is 5.92. The molecule has 0 bridgehead atoms. The predicted molar refractivity (Wildman–Crippen MR) is 99.1 cm³/mol. The number of carbonyl (C=O) groups excluding carboxylic acids is 1. The van der Waals surface area contributed by atoms with Crippen molar-refractivity contribution in [3.63, 3.8) is 0 Å². The van der Waals surface area contributed by atoms with Crippen LogP contribution in [0.5, 0.6) is 5.75 Å². The first-order chi connectivity index (χ1) is 12.2. The van der Waals surface area contributed by atoms with Crippen molar-refractivity contribution >= 4 is 11.6 Å². The van der Waals surface area contributed by atoms with E-state index >= 15 is 0 Å². The third-order valence-electron chi connectivity index (χ3n) is 4.58. The van der Waals surface area contributed by atoms with Gasteiger partial charge in [-0.1, -0.05) is 25.0 Å². The van der Waals surface area contributed by atoms with E-state index in [1.54, 1.807) is 19.4 Å². The molecule has 0 saturated heterocycles. The van der Waals surface area contributed by atoms with Crippen LogP contribution in [0.25, 0.3) is 0 Å². The molecule has 2 aromatic rings. The van der Waals surface area contributed by atoms with Gasteiger partial charge in [0.1, 0.15) is 11.4 Å². The molecule has 1 fully saturated rings. The molecule has 5 heteroatoms. The van der Waals surface area contributed by atoms with E-state index in [1.165, 1.54) is 25.7 Å². The molecule has 0 aliphatic heterocycles. The van der Waals surface area contributed by atoms with Crippen LogP contribution in [0.15, 0.2) is 42.6 Å².